The zero-order valence-electron chi connectivity index (χ0n) is 13.4. The van der Waals surface area contributed by atoms with Crippen molar-refractivity contribution in [1.82, 2.24) is 0 Å². The van der Waals surface area contributed by atoms with Gasteiger partial charge in [-0.05, 0) is 56.2 Å². The summed E-state index contributed by atoms with van der Waals surface area (Å²) in [5, 5.41) is 1.59. The van der Waals surface area contributed by atoms with Crippen LogP contribution in [0.1, 0.15) is 43.0 Å². The van der Waals surface area contributed by atoms with Crippen molar-refractivity contribution in [3.63, 3.8) is 0 Å². The molecule has 0 atom stereocenters. The molecule has 0 spiro atoms. The van der Waals surface area contributed by atoms with Crippen LogP contribution in [0.25, 0.3) is 9.40 Å². The summed E-state index contributed by atoms with van der Waals surface area (Å²) in [4.78, 5) is 26.1. The number of rotatable bonds is 4. The lowest BCUT2D eigenvalue weighted by Crippen LogP contribution is -2.04. The highest BCUT2D eigenvalue weighted by molar-refractivity contribution is 7.40. The van der Waals surface area contributed by atoms with Gasteiger partial charge in [0, 0.05) is 16.0 Å². The Kier molecular flexibility index (Phi) is 4.76. The van der Waals surface area contributed by atoms with Crippen molar-refractivity contribution in [3.8, 4) is 0 Å². The van der Waals surface area contributed by atoms with Crippen molar-refractivity contribution in [2.45, 2.75) is 20.8 Å². The van der Waals surface area contributed by atoms with Gasteiger partial charge in [-0.1, -0.05) is 11.6 Å². The normalized spacial score (nSPS) is 11.0. The first-order valence-electron chi connectivity index (χ1n) is 7.44. The molecule has 124 valence electrons. The number of esters is 1. The molecule has 0 aliphatic carbocycles. The van der Waals surface area contributed by atoms with Crippen LogP contribution >= 0.6 is 34.3 Å². The van der Waals surface area contributed by atoms with Crippen molar-refractivity contribution in [2.24, 2.45) is 0 Å². The molecule has 0 N–H and O–H groups in total. The van der Waals surface area contributed by atoms with Gasteiger partial charge < -0.3 is 4.74 Å². The van der Waals surface area contributed by atoms with Gasteiger partial charge in [-0.3, -0.25) is 4.79 Å². The number of ether oxygens (including phenoxy) is 1. The maximum Gasteiger partial charge on any atom is 0.348 e. The molecule has 6 heteroatoms. The average Bonchev–Trinajstić information content (AvgIpc) is 3.05. The van der Waals surface area contributed by atoms with Crippen LogP contribution in [-0.2, 0) is 4.74 Å². The van der Waals surface area contributed by atoms with Gasteiger partial charge in [0.05, 0.1) is 15.5 Å². The van der Waals surface area contributed by atoms with Gasteiger partial charge in [0.2, 0.25) is 5.78 Å². The van der Waals surface area contributed by atoms with Gasteiger partial charge in [0.15, 0.2) is 0 Å². The summed E-state index contributed by atoms with van der Waals surface area (Å²) in [7, 11) is 0. The molecule has 2 heterocycles. The number of thiophene rings is 2. The second-order valence-corrected chi connectivity index (χ2v) is 8.07. The Morgan fingerprint density at radius 3 is 2.21 bits per heavy atom. The lowest BCUT2D eigenvalue weighted by Gasteiger charge is -2.02. The van der Waals surface area contributed by atoms with Gasteiger partial charge in [0.1, 0.15) is 4.88 Å². The minimum atomic E-state index is -0.298. The Hall–Kier alpha value is -1.69. The van der Waals surface area contributed by atoms with Crippen molar-refractivity contribution >= 4 is 55.4 Å². The molecule has 24 heavy (non-hydrogen) atoms. The third-order valence-electron chi connectivity index (χ3n) is 3.80. The highest BCUT2D eigenvalue weighted by Crippen LogP contribution is 2.41. The maximum atomic E-state index is 12.8. The summed E-state index contributed by atoms with van der Waals surface area (Å²) in [6.07, 6.45) is 0. The van der Waals surface area contributed by atoms with E-state index in [0.29, 0.717) is 26.9 Å². The minimum absolute atomic E-state index is 0.0188. The van der Waals surface area contributed by atoms with Crippen LogP contribution in [0.2, 0.25) is 5.02 Å². The molecule has 0 fully saturated rings. The van der Waals surface area contributed by atoms with Gasteiger partial charge >= 0.3 is 5.97 Å². The zero-order valence-corrected chi connectivity index (χ0v) is 15.8. The molecule has 2 aromatic heterocycles. The second-order valence-electron chi connectivity index (χ2n) is 5.33. The summed E-state index contributed by atoms with van der Waals surface area (Å²) in [5.74, 6) is -0.317. The van der Waals surface area contributed by atoms with E-state index >= 15 is 0 Å². The molecule has 3 nitrogen and oxygen atoms in total. The number of carbonyl (C=O) groups excluding carboxylic acids is 2. The Labute approximate surface area is 152 Å². The highest BCUT2D eigenvalue weighted by atomic mass is 35.5. The number of carbonyl (C=O) groups is 2. The van der Waals surface area contributed by atoms with Crippen molar-refractivity contribution in [2.75, 3.05) is 6.61 Å². The van der Waals surface area contributed by atoms with Crippen LogP contribution in [0.4, 0.5) is 0 Å². The SMILES string of the molecule is CCOC(=O)c1sc2sc(C(=O)c3ccc(Cl)cc3)c(C)c2c1C. The van der Waals surface area contributed by atoms with E-state index in [1.807, 2.05) is 13.8 Å². The number of halogens is 1. The monoisotopic (exact) mass is 378 g/mol. The molecule has 0 unspecified atom stereocenters. The topological polar surface area (TPSA) is 43.4 Å². The number of benzene rings is 1. The van der Waals surface area contributed by atoms with Crippen molar-refractivity contribution < 1.29 is 14.3 Å². The molecular weight excluding hydrogens is 364 g/mol. The quantitative estimate of drug-likeness (QED) is 0.435. The third kappa shape index (κ3) is 2.88. The summed E-state index contributed by atoms with van der Waals surface area (Å²) >= 11 is 8.71. The average molecular weight is 379 g/mol. The molecule has 0 bridgehead atoms. The first-order valence-corrected chi connectivity index (χ1v) is 9.45. The van der Waals surface area contributed by atoms with Crippen LogP contribution in [0.5, 0.6) is 0 Å². The van der Waals surface area contributed by atoms with E-state index in [9.17, 15) is 9.59 Å². The lowest BCUT2D eigenvalue weighted by atomic mass is 10.0. The first kappa shape index (κ1) is 17.1. The number of ketones is 1. The molecule has 0 amide bonds. The van der Waals surface area contributed by atoms with Gasteiger partial charge in [-0.25, -0.2) is 4.79 Å². The Balaban J connectivity index is 2.05. The molecule has 0 saturated heterocycles. The van der Waals surface area contributed by atoms with Crippen LogP contribution in [0.3, 0.4) is 0 Å². The van der Waals surface area contributed by atoms with Gasteiger partial charge in [0.25, 0.3) is 0 Å². The Morgan fingerprint density at radius 1 is 1.04 bits per heavy atom. The highest BCUT2D eigenvalue weighted by Gasteiger charge is 2.24. The fourth-order valence-electron chi connectivity index (χ4n) is 2.62. The molecule has 3 aromatic rings. The zero-order chi connectivity index (χ0) is 17.4. The number of fused-ring (bicyclic) bond motifs is 1. The Morgan fingerprint density at radius 2 is 1.62 bits per heavy atom. The number of hydrogen-bond donors (Lipinski definition) is 0. The molecule has 3 rings (SSSR count). The minimum Gasteiger partial charge on any atom is -0.462 e. The van der Waals surface area contributed by atoms with E-state index in [1.165, 1.54) is 22.7 Å². The summed E-state index contributed by atoms with van der Waals surface area (Å²) in [5.41, 5.74) is 2.41. The molecule has 0 aliphatic heterocycles. The molecule has 1 aromatic carbocycles. The van der Waals surface area contributed by atoms with E-state index in [-0.39, 0.29) is 11.8 Å². The van der Waals surface area contributed by atoms with Gasteiger partial charge in [-0.15, -0.1) is 22.7 Å². The standard InChI is InChI=1S/C18H15ClO3S2/c1-4-22-17(21)16-10(3)13-9(2)15(23-18(13)24-16)14(20)11-5-7-12(19)8-6-11/h5-8H,4H2,1-3H3. The van der Waals surface area contributed by atoms with Crippen LogP contribution in [0, 0.1) is 13.8 Å². The Bertz CT molecular complexity index is 935. The van der Waals surface area contributed by atoms with E-state index in [2.05, 4.69) is 0 Å². The first-order chi connectivity index (χ1) is 11.4. The predicted molar refractivity (Wildman–Crippen MR) is 100 cm³/mol. The summed E-state index contributed by atoms with van der Waals surface area (Å²) in [6.45, 7) is 5.97. The molecule has 0 radical (unpaired) electrons. The second kappa shape index (κ2) is 6.67. The van der Waals surface area contributed by atoms with E-state index in [0.717, 1.165) is 20.5 Å². The van der Waals surface area contributed by atoms with E-state index in [4.69, 9.17) is 16.3 Å². The fourth-order valence-corrected chi connectivity index (χ4v) is 5.46. The summed E-state index contributed by atoms with van der Waals surface area (Å²) < 4.78 is 6.08. The largest absolute Gasteiger partial charge is 0.462 e. The van der Waals surface area contributed by atoms with Crippen molar-refractivity contribution in [3.05, 3.63) is 55.7 Å². The van der Waals surface area contributed by atoms with Crippen molar-refractivity contribution in [1.29, 1.82) is 0 Å². The lowest BCUT2D eigenvalue weighted by molar-refractivity contribution is 0.0531. The summed E-state index contributed by atoms with van der Waals surface area (Å²) in [6, 6.07) is 6.89. The smallest absolute Gasteiger partial charge is 0.348 e. The fraction of sp³-hybridized carbons (Fsp3) is 0.222. The predicted octanol–water partition coefficient (Wildman–Crippen LogP) is 5.64. The number of aryl methyl sites for hydroxylation is 2. The van der Waals surface area contributed by atoms with Crippen LogP contribution in [0.15, 0.2) is 24.3 Å². The molecule has 0 saturated carbocycles. The van der Waals surface area contributed by atoms with E-state index in [1.54, 1.807) is 31.2 Å². The molecular formula is C18H15ClO3S2. The molecule has 0 aliphatic rings. The number of hydrogen-bond acceptors (Lipinski definition) is 5. The maximum absolute atomic E-state index is 12.8. The van der Waals surface area contributed by atoms with Crippen LogP contribution < -0.4 is 0 Å². The van der Waals surface area contributed by atoms with E-state index < -0.39 is 0 Å². The third-order valence-corrected chi connectivity index (χ3v) is 6.70. The van der Waals surface area contributed by atoms with Crippen LogP contribution in [-0.4, -0.2) is 18.4 Å². The van der Waals surface area contributed by atoms with Gasteiger partial charge in [-0.2, -0.15) is 0 Å².